The first-order valence-electron chi connectivity index (χ1n) is 11.6. The van der Waals surface area contributed by atoms with E-state index in [9.17, 15) is 0 Å². The molecule has 0 spiro atoms. The van der Waals surface area contributed by atoms with E-state index in [1.165, 1.54) is 63.3 Å². The largest absolute Gasteiger partial charge is 0.497 e. The number of imidazole rings is 1. The van der Waals surface area contributed by atoms with Gasteiger partial charge in [0.2, 0.25) is 0 Å². The Kier molecular flexibility index (Phi) is 9.02. The van der Waals surface area contributed by atoms with Crippen molar-refractivity contribution in [2.24, 2.45) is 0 Å². The molecule has 30 heavy (non-hydrogen) atoms. The number of aryl methyl sites for hydroxylation is 1. The lowest BCUT2D eigenvalue weighted by atomic mass is 10.1. The van der Waals surface area contributed by atoms with Gasteiger partial charge in [-0.3, -0.25) is 0 Å². The molecule has 0 N–H and O–H groups in total. The van der Waals surface area contributed by atoms with Crippen molar-refractivity contribution in [2.45, 2.75) is 71.3 Å². The van der Waals surface area contributed by atoms with Crippen LogP contribution in [0.5, 0.6) is 5.75 Å². The van der Waals surface area contributed by atoms with E-state index in [0.717, 1.165) is 29.2 Å². The predicted molar refractivity (Wildman–Crippen MR) is 129 cm³/mol. The summed E-state index contributed by atoms with van der Waals surface area (Å²) in [5, 5.41) is 0. The van der Waals surface area contributed by atoms with Crippen LogP contribution >= 0.6 is 0 Å². The molecule has 3 nitrogen and oxygen atoms in total. The van der Waals surface area contributed by atoms with Crippen LogP contribution in [0.15, 0.2) is 48.5 Å². The van der Waals surface area contributed by atoms with Crippen molar-refractivity contribution in [3.63, 3.8) is 0 Å². The number of unbranched alkanes of at least 4 members (excludes halogenated alkanes) is 8. The Morgan fingerprint density at radius 1 is 0.800 bits per heavy atom. The molecule has 0 bridgehead atoms. The van der Waals surface area contributed by atoms with E-state index in [2.05, 4.69) is 60.0 Å². The zero-order chi connectivity index (χ0) is 21.0. The maximum absolute atomic E-state index is 5.25. The molecule has 1 aromatic heterocycles. The first-order valence-corrected chi connectivity index (χ1v) is 11.6. The number of fused-ring (bicyclic) bond motifs is 1. The standard InChI is InChI=1S/C27H36N2O/c1-3-4-5-6-7-8-9-10-13-22-29-26-15-12-11-14-25(26)28-27(29)21-18-23-16-19-24(30-2)20-17-23/h11-12,14-21H,3-10,13,22H2,1-2H3. The number of ether oxygens (including phenoxy) is 1. The van der Waals surface area contributed by atoms with E-state index in [-0.39, 0.29) is 0 Å². The molecule has 0 fully saturated rings. The first kappa shape index (κ1) is 22.1. The van der Waals surface area contributed by atoms with Crippen LogP contribution in [0, 0.1) is 0 Å². The zero-order valence-corrected chi connectivity index (χ0v) is 18.6. The Hall–Kier alpha value is -2.55. The van der Waals surface area contributed by atoms with Crippen molar-refractivity contribution < 1.29 is 4.74 Å². The topological polar surface area (TPSA) is 27.1 Å². The van der Waals surface area contributed by atoms with E-state index >= 15 is 0 Å². The van der Waals surface area contributed by atoms with Gasteiger partial charge in [-0.1, -0.05) is 88.6 Å². The van der Waals surface area contributed by atoms with Crippen LogP contribution in [0.3, 0.4) is 0 Å². The summed E-state index contributed by atoms with van der Waals surface area (Å²) >= 11 is 0. The molecule has 3 heteroatoms. The summed E-state index contributed by atoms with van der Waals surface area (Å²) in [6.45, 7) is 3.30. The number of nitrogens with zero attached hydrogens (tertiary/aromatic N) is 2. The van der Waals surface area contributed by atoms with Gasteiger partial charge in [0.15, 0.2) is 0 Å². The van der Waals surface area contributed by atoms with Crippen molar-refractivity contribution in [3.8, 4) is 5.75 Å². The highest BCUT2D eigenvalue weighted by atomic mass is 16.5. The van der Waals surface area contributed by atoms with Gasteiger partial charge in [0.25, 0.3) is 0 Å². The van der Waals surface area contributed by atoms with Crippen LogP contribution in [-0.4, -0.2) is 16.7 Å². The second-order valence-corrected chi connectivity index (χ2v) is 8.05. The number of methoxy groups -OCH3 is 1. The van der Waals surface area contributed by atoms with Gasteiger partial charge in [-0.25, -0.2) is 4.98 Å². The Labute approximate surface area is 181 Å². The lowest BCUT2D eigenvalue weighted by Gasteiger charge is -2.07. The number of rotatable bonds is 13. The van der Waals surface area contributed by atoms with Crippen molar-refractivity contribution in [3.05, 3.63) is 59.9 Å². The Morgan fingerprint density at radius 3 is 2.17 bits per heavy atom. The summed E-state index contributed by atoms with van der Waals surface area (Å²) in [6, 6.07) is 16.6. The van der Waals surface area contributed by atoms with Crippen LogP contribution in [0.25, 0.3) is 23.2 Å². The molecular weight excluding hydrogens is 368 g/mol. The minimum atomic E-state index is 0.879. The fourth-order valence-electron chi connectivity index (χ4n) is 3.92. The average Bonchev–Trinajstić information content (AvgIpc) is 3.14. The van der Waals surface area contributed by atoms with Gasteiger partial charge in [-0.15, -0.1) is 0 Å². The summed E-state index contributed by atoms with van der Waals surface area (Å²) in [5.74, 6) is 1.91. The SMILES string of the molecule is CCCCCCCCCCCn1c(C=Cc2ccc(OC)cc2)nc2ccccc21. The Morgan fingerprint density at radius 2 is 1.47 bits per heavy atom. The molecule has 0 saturated heterocycles. The lowest BCUT2D eigenvalue weighted by Crippen LogP contribution is -2.00. The van der Waals surface area contributed by atoms with E-state index in [4.69, 9.17) is 9.72 Å². The molecule has 1 heterocycles. The predicted octanol–water partition coefficient (Wildman–Crippen LogP) is 7.75. The second kappa shape index (κ2) is 12.2. The summed E-state index contributed by atoms with van der Waals surface area (Å²) < 4.78 is 7.62. The van der Waals surface area contributed by atoms with Gasteiger partial charge in [0.1, 0.15) is 11.6 Å². The van der Waals surface area contributed by atoms with Crippen LogP contribution in [0.2, 0.25) is 0 Å². The van der Waals surface area contributed by atoms with Crippen LogP contribution in [-0.2, 0) is 6.54 Å². The van der Waals surface area contributed by atoms with Gasteiger partial charge < -0.3 is 9.30 Å². The number of aromatic nitrogens is 2. The maximum atomic E-state index is 5.25. The minimum Gasteiger partial charge on any atom is -0.497 e. The number of hydrogen-bond acceptors (Lipinski definition) is 2. The molecule has 0 unspecified atom stereocenters. The normalized spacial score (nSPS) is 11.5. The summed E-state index contributed by atoms with van der Waals surface area (Å²) in [4.78, 5) is 4.87. The van der Waals surface area contributed by atoms with Crippen LogP contribution in [0.1, 0.15) is 76.1 Å². The molecule has 0 aliphatic rings. The fourth-order valence-corrected chi connectivity index (χ4v) is 3.92. The molecule has 2 aromatic carbocycles. The highest BCUT2D eigenvalue weighted by molar-refractivity contribution is 5.79. The first-order chi connectivity index (χ1) is 14.8. The molecule has 0 saturated carbocycles. The quantitative estimate of drug-likeness (QED) is 0.272. The third-order valence-electron chi connectivity index (χ3n) is 5.71. The van der Waals surface area contributed by atoms with E-state index in [0.29, 0.717) is 0 Å². The molecule has 0 aliphatic heterocycles. The minimum absolute atomic E-state index is 0.879. The molecule has 0 aliphatic carbocycles. The third-order valence-corrected chi connectivity index (χ3v) is 5.71. The van der Waals surface area contributed by atoms with Gasteiger partial charge in [0, 0.05) is 6.54 Å². The third kappa shape index (κ3) is 6.48. The highest BCUT2D eigenvalue weighted by Crippen LogP contribution is 2.20. The number of benzene rings is 2. The lowest BCUT2D eigenvalue weighted by molar-refractivity contribution is 0.415. The molecule has 0 radical (unpaired) electrons. The number of hydrogen-bond donors (Lipinski definition) is 0. The summed E-state index contributed by atoms with van der Waals surface area (Å²) in [5.41, 5.74) is 3.45. The molecule has 3 aromatic rings. The zero-order valence-electron chi connectivity index (χ0n) is 18.6. The van der Waals surface area contributed by atoms with Gasteiger partial charge in [-0.05, 0) is 42.3 Å². The monoisotopic (exact) mass is 404 g/mol. The van der Waals surface area contributed by atoms with E-state index in [1.807, 2.05) is 12.1 Å². The van der Waals surface area contributed by atoms with Gasteiger partial charge >= 0.3 is 0 Å². The van der Waals surface area contributed by atoms with Crippen LogP contribution in [0.4, 0.5) is 0 Å². The molecule has 0 amide bonds. The average molecular weight is 405 g/mol. The van der Waals surface area contributed by atoms with Crippen molar-refractivity contribution in [2.75, 3.05) is 7.11 Å². The molecule has 0 atom stereocenters. The van der Waals surface area contributed by atoms with Crippen molar-refractivity contribution >= 4 is 23.2 Å². The molecule has 160 valence electrons. The van der Waals surface area contributed by atoms with Crippen LogP contribution < -0.4 is 4.74 Å². The second-order valence-electron chi connectivity index (χ2n) is 8.05. The van der Waals surface area contributed by atoms with E-state index in [1.54, 1.807) is 7.11 Å². The maximum Gasteiger partial charge on any atom is 0.133 e. The molecule has 3 rings (SSSR count). The summed E-state index contributed by atoms with van der Waals surface area (Å²) in [6.07, 6.45) is 16.4. The Bertz CT molecular complexity index is 908. The number of para-hydroxylation sites is 2. The van der Waals surface area contributed by atoms with E-state index < -0.39 is 0 Å². The fraction of sp³-hybridized carbons (Fsp3) is 0.444. The molecular formula is C27H36N2O. The summed E-state index contributed by atoms with van der Waals surface area (Å²) in [7, 11) is 1.69. The van der Waals surface area contributed by atoms with Crippen molar-refractivity contribution in [1.82, 2.24) is 9.55 Å². The smallest absolute Gasteiger partial charge is 0.133 e. The van der Waals surface area contributed by atoms with Gasteiger partial charge in [-0.2, -0.15) is 0 Å². The Balaban J connectivity index is 1.58. The van der Waals surface area contributed by atoms with Crippen molar-refractivity contribution in [1.29, 1.82) is 0 Å². The highest BCUT2D eigenvalue weighted by Gasteiger charge is 2.08. The van der Waals surface area contributed by atoms with Gasteiger partial charge in [0.05, 0.1) is 18.1 Å².